The van der Waals surface area contributed by atoms with Crippen molar-refractivity contribution in [2.45, 2.75) is 18.7 Å². The van der Waals surface area contributed by atoms with E-state index in [4.69, 9.17) is 32.7 Å². The first kappa shape index (κ1) is 15.4. The van der Waals surface area contributed by atoms with Gasteiger partial charge in [0.05, 0.1) is 17.0 Å². The molecule has 1 aliphatic rings. The smallest absolute Gasteiger partial charge is 0.137 e. The van der Waals surface area contributed by atoms with Gasteiger partial charge in [0.25, 0.3) is 0 Å². The Labute approximate surface area is 132 Å². The third kappa shape index (κ3) is 3.38. The van der Waals surface area contributed by atoms with E-state index in [1.54, 1.807) is 7.11 Å². The van der Waals surface area contributed by atoms with Crippen LogP contribution in [-0.4, -0.2) is 20.3 Å². The summed E-state index contributed by atoms with van der Waals surface area (Å²) in [6.07, 6.45) is 0.961. The Morgan fingerprint density at radius 3 is 2.84 bits per heavy atom. The molecule has 2 rings (SSSR count). The van der Waals surface area contributed by atoms with Gasteiger partial charge in [0.2, 0.25) is 0 Å². The zero-order valence-electron chi connectivity index (χ0n) is 11.0. The topological polar surface area (TPSA) is 18.5 Å². The molecule has 0 N–H and O–H groups in total. The highest BCUT2D eigenvalue weighted by Gasteiger charge is 2.31. The molecule has 3 atom stereocenters. The summed E-state index contributed by atoms with van der Waals surface area (Å²) in [6, 6.07) is 3.71. The zero-order valence-corrected chi connectivity index (χ0v) is 14.1. The van der Waals surface area contributed by atoms with E-state index in [1.807, 2.05) is 12.1 Å². The van der Waals surface area contributed by atoms with Crippen molar-refractivity contribution in [2.24, 2.45) is 11.8 Å². The summed E-state index contributed by atoms with van der Waals surface area (Å²) in [5.74, 6) is 1.57. The lowest BCUT2D eigenvalue weighted by molar-refractivity contribution is 0.0226. The van der Waals surface area contributed by atoms with Gasteiger partial charge in [-0.3, -0.25) is 0 Å². The van der Waals surface area contributed by atoms with E-state index in [0.29, 0.717) is 16.9 Å². The van der Waals surface area contributed by atoms with Crippen molar-refractivity contribution < 1.29 is 9.47 Å². The SMILES string of the molecule is COc1c(Br)cc(Cl)cc1C(Cl)C1CCOCC1C. The molecule has 0 amide bonds. The van der Waals surface area contributed by atoms with Gasteiger partial charge in [-0.05, 0) is 46.3 Å². The van der Waals surface area contributed by atoms with Crippen LogP contribution in [0.5, 0.6) is 5.75 Å². The first-order valence-electron chi connectivity index (χ1n) is 6.29. The van der Waals surface area contributed by atoms with Crippen molar-refractivity contribution in [1.29, 1.82) is 0 Å². The van der Waals surface area contributed by atoms with Gasteiger partial charge < -0.3 is 9.47 Å². The van der Waals surface area contributed by atoms with E-state index < -0.39 is 0 Å². The molecular weight excluding hydrogens is 351 g/mol. The van der Waals surface area contributed by atoms with Crippen LogP contribution in [0.15, 0.2) is 16.6 Å². The molecule has 2 nitrogen and oxygen atoms in total. The fourth-order valence-electron chi connectivity index (χ4n) is 2.56. The number of methoxy groups -OCH3 is 1. The van der Waals surface area contributed by atoms with Gasteiger partial charge >= 0.3 is 0 Å². The lowest BCUT2D eigenvalue weighted by atomic mass is 9.84. The van der Waals surface area contributed by atoms with E-state index in [9.17, 15) is 0 Å². The molecule has 1 aromatic carbocycles. The van der Waals surface area contributed by atoms with Crippen LogP contribution >= 0.6 is 39.1 Å². The van der Waals surface area contributed by atoms with Crippen LogP contribution in [-0.2, 0) is 4.74 Å². The number of alkyl halides is 1. The number of ether oxygens (including phenoxy) is 2. The van der Waals surface area contributed by atoms with Gasteiger partial charge in [-0.2, -0.15) is 0 Å². The van der Waals surface area contributed by atoms with Crippen molar-refractivity contribution in [3.05, 3.63) is 27.2 Å². The predicted molar refractivity (Wildman–Crippen MR) is 82.4 cm³/mol. The average molecular weight is 368 g/mol. The molecular formula is C14H17BrCl2O2. The first-order chi connectivity index (χ1) is 9.04. The van der Waals surface area contributed by atoms with Gasteiger partial charge in [-0.15, -0.1) is 11.6 Å². The lowest BCUT2D eigenvalue weighted by Crippen LogP contribution is -2.28. The highest BCUT2D eigenvalue weighted by Crippen LogP contribution is 2.45. The van der Waals surface area contributed by atoms with Gasteiger partial charge in [-0.1, -0.05) is 18.5 Å². The fraction of sp³-hybridized carbons (Fsp3) is 0.571. The number of rotatable bonds is 3. The Balaban J connectivity index is 2.34. The van der Waals surface area contributed by atoms with E-state index in [-0.39, 0.29) is 5.38 Å². The molecule has 0 aliphatic carbocycles. The molecule has 106 valence electrons. The molecule has 0 aromatic heterocycles. The van der Waals surface area contributed by atoms with E-state index in [0.717, 1.165) is 35.4 Å². The molecule has 0 radical (unpaired) electrons. The summed E-state index contributed by atoms with van der Waals surface area (Å²) >= 11 is 16.3. The first-order valence-corrected chi connectivity index (χ1v) is 7.90. The second-order valence-corrected chi connectivity index (χ2v) is 6.68. The fourth-order valence-corrected chi connectivity index (χ4v) is 4.09. The third-order valence-electron chi connectivity index (χ3n) is 3.62. The highest BCUT2D eigenvalue weighted by atomic mass is 79.9. The minimum Gasteiger partial charge on any atom is -0.495 e. The minimum atomic E-state index is -0.121. The molecule has 1 aromatic rings. The Bertz CT molecular complexity index is 453. The van der Waals surface area contributed by atoms with Crippen LogP contribution in [0, 0.1) is 11.8 Å². The Morgan fingerprint density at radius 2 is 2.21 bits per heavy atom. The minimum absolute atomic E-state index is 0.121. The second-order valence-electron chi connectivity index (χ2n) is 4.92. The van der Waals surface area contributed by atoms with Crippen LogP contribution in [0.2, 0.25) is 5.02 Å². The molecule has 1 fully saturated rings. The van der Waals surface area contributed by atoms with Gasteiger partial charge in [0.15, 0.2) is 0 Å². The Kier molecular flexibility index (Phi) is 5.41. The Hall–Kier alpha value is 0.0400. The molecule has 0 saturated carbocycles. The van der Waals surface area contributed by atoms with Gasteiger partial charge in [0, 0.05) is 23.8 Å². The normalized spacial score (nSPS) is 25.1. The molecule has 0 spiro atoms. The average Bonchev–Trinajstić information content (AvgIpc) is 2.37. The largest absolute Gasteiger partial charge is 0.495 e. The van der Waals surface area contributed by atoms with Crippen molar-refractivity contribution in [1.82, 2.24) is 0 Å². The van der Waals surface area contributed by atoms with E-state index in [1.165, 1.54) is 0 Å². The third-order valence-corrected chi connectivity index (χ3v) is 4.99. The molecule has 19 heavy (non-hydrogen) atoms. The summed E-state index contributed by atoms with van der Waals surface area (Å²) in [5.41, 5.74) is 0.947. The van der Waals surface area contributed by atoms with Gasteiger partial charge in [0.1, 0.15) is 5.75 Å². The number of hydrogen-bond donors (Lipinski definition) is 0. The van der Waals surface area contributed by atoms with Crippen LogP contribution in [0.1, 0.15) is 24.3 Å². The predicted octanol–water partition coefficient (Wildman–Crippen LogP) is 5.06. The van der Waals surface area contributed by atoms with E-state index in [2.05, 4.69) is 22.9 Å². The maximum Gasteiger partial charge on any atom is 0.137 e. The summed E-state index contributed by atoms with van der Waals surface area (Å²) in [5, 5.41) is 0.539. The molecule has 3 unspecified atom stereocenters. The molecule has 0 bridgehead atoms. The maximum absolute atomic E-state index is 6.69. The van der Waals surface area contributed by atoms with Gasteiger partial charge in [-0.25, -0.2) is 0 Å². The molecule has 5 heteroatoms. The molecule has 1 saturated heterocycles. The summed E-state index contributed by atoms with van der Waals surface area (Å²) in [4.78, 5) is 0. The Morgan fingerprint density at radius 1 is 1.47 bits per heavy atom. The maximum atomic E-state index is 6.69. The summed E-state index contributed by atoms with van der Waals surface area (Å²) in [6.45, 7) is 3.70. The molecule has 1 heterocycles. The lowest BCUT2D eigenvalue weighted by Gasteiger charge is -2.33. The quantitative estimate of drug-likeness (QED) is 0.695. The van der Waals surface area contributed by atoms with Crippen molar-refractivity contribution in [3.63, 3.8) is 0 Å². The van der Waals surface area contributed by atoms with Crippen LogP contribution in [0.3, 0.4) is 0 Å². The highest BCUT2D eigenvalue weighted by molar-refractivity contribution is 9.10. The zero-order chi connectivity index (χ0) is 14.0. The number of benzene rings is 1. The van der Waals surface area contributed by atoms with Crippen LogP contribution < -0.4 is 4.74 Å². The summed E-state index contributed by atoms with van der Waals surface area (Å²) in [7, 11) is 1.65. The second kappa shape index (κ2) is 6.66. The van der Waals surface area contributed by atoms with Crippen molar-refractivity contribution >= 4 is 39.1 Å². The summed E-state index contributed by atoms with van der Waals surface area (Å²) < 4.78 is 11.8. The van der Waals surface area contributed by atoms with Crippen molar-refractivity contribution in [2.75, 3.05) is 20.3 Å². The standard InChI is InChI=1S/C14H17BrCl2O2/c1-8-7-19-4-3-10(8)13(17)11-5-9(16)6-12(15)14(11)18-2/h5-6,8,10,13H,3-4,7H2,1-2H3. The van der Waals surface area contributed by atoms with Crippen LogP contribution in [0.4, 0.5) is 0 Å². The molecule has 1 aliphatic heterocycles. The van der Waals surface area contributed by atoms with E-state index >= 15 is 0 Å². The van der Waals surface area contributed by atoms with Crippen LogP contribution in [0.25, 0.3) is 0 Å². The number of halogens is 3. The monoisotopic (exact) mass is 366 g/mol. The van der Waals surface area contributed by atoms with Crippen molar-refractivity contribution in [3.8, 4) is 5.75 Å². The number of hydrogen-bond acceptors (Lipinski definition) is 2.